The maximum atomic E-state index is 13.8. The highest BCUT2D eigenvalue weighted by molar-refractivity contribution is 7.91. The first-order valence-electron chi connectivity index (χ1n) is 12.4. The van der Waals surface area contributed by atoms with Gasteiger partial charge in [0.25, 0.3) is 5.56 Å². The van der Waals surface area contributed by atoms with Crippen LogP contribution in [-0.4, -0.2) is 47.9 Å². The van der Waals surface area contributed by atoms with E-state index < -0.39 is 32.2 Å². The molecule has 2 aromatic heterocycles. The standard InChI is InChI=1S/C29H28N4O6S/c1-19(2)39-18-26-32-28(34)27(29(35)33(26)25(17-38-3)21-7-5-4-6-8-21)40(36,37)23-11-9-20(10-12-23)24-13-14-31-16-22(24)15-30/h4-14,16,19,25,35H,17-18H2,1-3H3. The molecule has 2 aromatic carbocycles. The summed E-state index contributed by atoms with van der Waals surface area (Å²) in [6, 6.07) is 17.7. The Kier molecular flexibility index (Phi) is 8.74. The third-order valence-corrected chi connectivity index (χ3v) is 7.97. The molecule has 0 bridgehead atoms. The van der Waals surface area contributed by atoms with Crippen molar-refractivity contribution in [2.45, 2.75) is 42.4 Å². The minimum Gasteiger partial charge on any atom is -0.493 e. The molecule has 0 aliphatic rings. The van der Waals surface area contributed by atoms with Gasteiger partial charge in [-0.1, -0.05) is 42.5 Å². The molecule has 0 amide bonds. The average molecular weight is 561 g/mol. The number of aromatic hydroxyl groups is 1. The van der Waals surface area contributed by atoms with E-state index in [9.17, 15) is 23.6 Å². The molecular formula is C29H28N4O6S. The number of rotatable bonds is 10. The quantitative estimate of drug-likeness (QED) is 0.305. The molecule has 0 saturated heterocycles. The highest BCUT2D eigenvalue weighted by Gasteiger charge is 2.32. The molecular weight excluding hydrogens is 532 g/mol. The first-order chi connectivity index (χ1) is 19.2. The van der Waals surface area contributed by atoms with E-state index in [2.05, 4.69) is 16.0 Å². The van der Waals surface area contributed by atoms with Gasteiger partial charge in [0.1, 0.15) is 18.5 Å². The summed E-state index contributed by atoms with van der Waals surface area (Å²) in [6.07, 6.45) is 2.73. The number of hydrogen-bond donors (Lipinski definition) is 1. The smallest absolute Gasteiger partial charge is 0.296 e. The third-order valence-electron chi connectivity index (χ3n) is 6.19. The molecule has 4 rings (SSSR count). The fourth-order valence-corrected chi connectivity index (χ4v) is 5.62. The van der Waals surface area contributed by atoms with Crippen LogP contribution in [0.1, 0.15) is 36.8 Å². The Balaban J connectivity index is 1.88. The summed E-state index contributed by atoms with van der Waals surface area (Å²) in [7, 11) is -3.04. The van der Waals surface area contributed by atoms with Crippen molar-refractivity contribution in [1.82, 2.24) is 14.5 Å². The molecule has 0 radical (unpaired) electrons. The van der Waals surface area contributed by atoms with Crippen molar-refractivity contribution in [3.63, 3.8) is 0 Å². The van der Waals surface area contributed by atoms with Gasteiger partial charge in [0, 0.05) is 25.1 Å². The van der Waals surface area contributed by atoms with Gasteiger partial charge < -0.3 is 14.6 Å². The fraction of sp³-hybridized carbons (Fsp3) is 0.241. The molecule has 206 valence electrons. The molecule has 0 fully saturated rings. The van der Waals surface area contributed by atoms with E-state index in [0.29, 0.717) is 22.3 Å². The molecule has 0 aliphatic carbocycles. The van der Waals surface area contributed by atoms with Gasteiger partial charge in [-0.3, -0.25) is 14.3 Å². The minimum atomic E-state index is -4.52. The number of ether oxygens (including phenoxy) is 2. The average Bonchev–Trinajstić information content (AvgIpc) is 2.95. The zero-order valence-electron chi connectivity index (χ0n) is 22.2. The number of hydrogen-bond acceptors (Lipinski definition) is 9. The second-order valence-corrected chi connectivity index (χ2v) is 11.0. The van der Waals surface area contributed by atoms with Crippen molar-refractivity contribution in [2.24, 2.45) is 0 Å². The largest absolute Gasteiger partial charge is 0.493 e. The van der Waals surface area contributed by atoms with Gasteiger partial charge in [0.15, 0.2) is 4.90 Å². The van der Waals surface area contributed by atoms with Gasteiger partial charge in [-0.25, -0.2) is 8.42 Å². The van der Waals surface area contributed by atoms with Crippen LogP contribution >= 0.6 is 0 Å². The molecule has 1 N–H and O–H groups in total. The lowest BCUT2D eigenvalue weighted by molar-refractivity contribution is 0.0554. The van der Waals surface area contributed by atoms with Gasteiger partial charge in [0.05, 0.1) is 29.2 Å². The van der Waals surface area contributed by atoms with Crippen molar-refractivity contribution in [2.75, 3.05) is 13.7 Å². The van der Waals surface area contributed by atoms with Crippen LogP contribution in [0.2, 0.25) is 0 Å². The Morgan fingerprint density at radius 1 is 1.07 bits per heavy atom. The zero-order chi connectivity index (χ0) is 28.9. The van der Waals surface area contributed by atoms with E-state index >= 15 is 0 Å². The van der Waals surface area contributed by atoms with Crippen LogP contribution in [0.5, 0.6) is 5.88 Å². The number of sulfone groups is 1. The van der Waals surface area contributed by atoms with E-state index in [1.807, 2.05) is 6.07 Å². The molecule has 40 heavy (non-hydrogen) atoms. The summed E-state index contributed by atoms with van der Waals surface area (Å²) >= 11 is 0. The van der Waals surface area contributed by atoms with Crippen LogP contribution < -0.4 is 5.56 Å². The first-order valence-corrected chi connectivity index (χ1v) is 13.9. The van der Waals surface area contributed by atoms with Gasteiger partial charge in [0.2, 0.25) is 15.7 Å². The topological polar surface area (TPSA) is 144 Å². The van der Waals surface area contributed by atoms with Crippen LogP contribution in [0.4, 0.5) is 0 Å². The molecule has 1 atom stereocenters. The Morgan fingerprint density at radius 2 is 1.77 bits per heavy atom. The Bertz CT molecular complexity index is 1700. The van der Waals surface area contributed by atoms with Crippen LogP contribution in [0.25, 0.3) is 11.1 Å². The maximum absolute atomic E-state index is 13.8. The van der Waals surface area contributed by atoms with Crippen molar-refractivity contribution in [3.8, 4) is 23.1 Å². The van der Waals surface area contributed by atoms with Crippen molar-refractivity contribution >= 4 is 9.84 Å². The first kappa shape index (κ1) is 28.6. The number of methoxy groups -OCH3 is 1. The molecule has 0 aliphatic heterocycles. The van der Waals surface area contributed by atoms with E-state index in [4.69, 9.17) is 9.47 Å². The van der Waals surface area contributed by atoms with Gasteiger partial charge in [-0.15, -0.1) is 0 Å². The molecule has 10 nitrogen and oxygen atoms in total. The Labute approximate surface area is 232 Å². The fourth-order valence-electron chi connectivity index (χ4n) is 4.27. The van der Waals surface area contributed by atoms with Crippen LogP contribution in [-0.2, 0) is 25.9 Å². The van der Waals surface area contributed by atoms with Crippen molar-refractivity contribution in [1.29, 1.82) is 5.26 Å². The van der Waals surface area contributed by atoms with Gasteiger partial charge in [-0.05, 0) is 43.2 Å². The molecule has 1 unspecified atom stereocenters. The van der Waals surface area contributed by atoms with Crippen LogP contribution in [0.15, 0.2) is 87.6 Å². The van der Waals surface area contributed by atoms with Gasteiger partial charge >= 0.3 is 0 Å². The van der Waals surface area contributed by atoms with Crippen molar-refractivity contribution in [3.05, 3.63) is 100 Å². The number of benzene rings is 2. The van der Waals surface area contributed by atoms with E-state index in [1.54, 1.807) is 44.2 Å². The van der Waals surface area contributed by atoms with Crippen molar-refractivity contribution < 1.29 is 23.0 Å². The summed E-state index contributed by atoms with van der Waals surface area (Å²) in [5.74, 6) is -0.712. The van der Waals surface area contributed by atoms with Crippen LogP contribution in [0.3, 0.4) is 0 Å². The lowest BCUT2D eigenvalue weighted by Gasteiger charge is -2.25. The summed E-state index contributed by atoms with van der Waals surface area (Å²) in [4.78, 5) is 20.1. The van der Waals surface area contributed by atoms with E-state index in [0.717, 1.165) is 0 Å². The summed E-state index contributed by atoms with van der Waals surface area (Å²) in [5, 5.41) is 20.8. The summed E-state index contributed by atoms with van der Waals surface area (Å²) in [5.41, 5.74) is 1.09. The number of pyridine rings is 1. The predicted molar refractivity (Wildman–Crippen MR) is 146 cm³/mol. The zero-order valence-corrected chi connectivity index (χ0v) is 23.0. The molecule has 0 saturated carbocycles. The molecule has 0 spiro atoms. The Morgan fingerprint density at radius 3 is 2.40 bits per heavy atom. The number of nitriles is 1. The van der Waals surface area contributed by atoms with E-state index in [-0.39, 0.29) is 30.0 Å². The predicted octanol–water partition coefficient (Wildman–Crippen LogP) is 3.88. The second-order valence-electron chi connectivity index (χ2n) is 9.16. The SMILES string of the molecule is COCC(c1ccccc1)n1c(COC(C)C)nc(=O)c(S(=O)(=O)c2ccc(-c3ccncc3C#N)cc2)c1O. The highest BCUT2D eigenvalue weighted by atomic mass is 32.2. The minimum absolute atomic E-state index is 0.0537. The number of nitrogens with zero attached hydrogens (tertiary/aromatic N) is 4. The van der Waals surface area contributed by atoms with Crippen LogP contribution in [0, 0.1) is 11.3 Å². The van der Waals surface area contributed by atoms with E-state index in [1.165, 1.54) is 48.3 Å². The molecule has 4 aromatic rings. The second kappa shape index (κ2) is 12.2. The Hall–Kier alpha value is -4.37. The maximum Gasteiger partial charge on any atom is 0.296 e. The molecule has 2 heterocycles. The lowest BCUT2D eigenvalue weighted by Crippen LogP contribution is -2.29. The monoisotopic (exact) mass is 560 g/mol. The summed E-state index contributed by atoms with van der Waals surface area (Å²) < 4.78 is 39.9. The third kappa shape index (κ3) is 5.79. The number of aromatic nitrogens is 3. The molecule has 11 heteroatoms. The highest BCUT2D eigenvalue weighted by Crippen LogP contribution is 2.33. The normalized spacial score (nSPS) is 12.3. The summed E-state index contributed by atoms with van der Waals surface area (Å²) in [6.45, 7) is 3.52. The lowest BCUT2D eigenvalue weighted by atomic mass is 10.0. The van der Waals surface area contributed by atoms with Gasteiger partial charge in [-0.2, -0.15) is 10.2 Å².